The molecule has 1 aromatic carbocycles. The van der Waals surface area contributed by atoms with Gasteiger partial charge in [0.15, 0.2) is 0 Å². The van der Waals surface area contributed by atoms with E-state index in [-0.39, 0.29) is 11.5 Å². The lowest BCUT2D eigenvalue weighted by atomic mass is 9.86. The number of hydrogen-bond donors (Lipinski definition) is 1. The second-order valence-electron chi connectivity index (χ2n) is 6.71. The summed E-state index contributed by atoms with van der Waals surface area (Å²) in [6, 6.07) is 5.95. The van der Waals surface area contributed by atoms with Crippen molar-refractivity contribution in [3.05, 3.63) is 23.8 Å². The quantitative estimate of drug-likeness (QED) is 0.907. The average molecular weight is 293 g/mol. The van der Waals surface area contributed by atoms with Crippen molar-refractivity contribution in [1.82, 2.24) is 0 Å². The van der Waals surface area contributed by atoms with E-state index in [0.29, 0.717) is 12.5 Å². The molecule has 2 atom stereocenters. The molecule has 0 spiro atoms. The predicted octanol–water partition coefficient (Wildman–Crippen LogP) is 2.74. The minimum absolute atomic E-state index is 0.00949. The van der Waals surface area contributed by atoms with Crippen molar-refractivity contribution in [3.63, 3.8) is 0 Å². The van der Waals surface area contributed by atoms with E-state index in [1.807, 2.05) is 18.2 Å². The lowest BCUT2D eigenvalue weighted by Gasteiger charge is -2.25. The lowest BCUT2D eigenvalue weighted by molar-refractivity contribution is 0.169. The number of rotatable bonds is 5. The Morgan fingerprint density at radius 2 is 2.14 bits per heavy atom. The summed E-state index contributed by atoms with van der Waals surface area (Å²) >= 11 is 0. The van der Waals surface area contributed by atoms with Gasteiger partial charge in [-0.15, -0.1) is 0 Å². The fourth-order valence-electron chi connectivity index (χ4n) is 2.56. The number of nitrogens with two attached hydrogens (primary N) is 1. The molecule has 2 rings (SSSR count). The second kappa shape index (κ2) is 6.67. The van der Waals surface area contributed by atoms with Crippen LogP contribution in [0.3, 0.4) is 0 Å². The Morgan fingerprint density at radius 1 is 1.38 bits per heavy atom. The molecule has 0 saturated carbocycles. The Bertz CT molecular complexity index is 462. The molecule has 1 aliphatic heterocycles. The number of ether oxygens (including phenoxy) is 3. The van der Waals surface area contributed by atoms with Gasteiger partial charge >= 0.3 is 0 Å². The minimum Gasteiger partial charge on any atom is -0.497 e. The summed E-state index contributed by atoms with van der Waals surface area (Å²) in [7, 11) is 1.68. The SMILES string of the molecule is COc1ccc(OCC(N)C2CCOC2)c(C(C)(C)C)c1. The molecule has 118 valence electrons. The van der Waals surface area contributed by atoms with Crippen molar-refractivity contribution < 1.29 is 14.2 Å². The summed E-state index contributed by atoms with van der Waals surface area (Å²) in [5, 5.41) is 0. The Kier molecular flexibility index (Phi) is 5.12. The van der Waals surface area contributed by atoms with E-state index in [2.05, 4.69) is 20.8 Å². The van der Waals surface area contributed by atoms with Gasteiger partial charge in [-0.2, -0.15) is 0 Å². The van der Waals surface area contributed by atoms with Crippen molar-refractivity contribution in [1.29, 1.82) is 0 Å². The smallest absolute Gasteiger partial charge is 0.123 e. The fraction of sp³-hybridized carbons (Fsp3) is 0.647. The first-order valence-corrected chi connectivity index (χ1v) is 7.56. The van der Waals surface area contributed by atoms with Crippen molar-refractivity contribution in [2.75, 3.05) is 26.9 Å². The third-order valence-corrected chi connectivity index (χ3v) is 4.00. The standard InChI is InChI=1S/C17H27NO3/c1-17(2,3)14-9-13(19-4)5-6-16(14)21-11-15(18)12-7-8-20-10-12/h5-6,9,12,15H,7-8,10-11,18H2,1-4H3. The largest absolute Gasteiger partial charge is 0.497 e. The monoisotopic (exact) mass is 293 g/mol. The molecule has 0 aromatic heterocycles. The predicted molar refractivity (Wildman–Crippen MR) is 84.1 cm³/mol. The highest BCUT2D eigenvalue weighted by Gasteiger charge is 2.25. The molecule has 0 radical (unpaired) electrons. The minimum atomic E-state index is -0.00949. The maximum absolute atomic E-state index is 6.21. The summed E-state index contributed by atoms with van der Waals surface area (Å²) in [5.41, 5.74) is 7.34. The van der Waals surface area contributed by atoms with E-state index in [1.54, 1.807) is 7.11 Å². The topological polar surface area (TPSA) is 53.7 Å². The molecular formula is C17H27NO3. The normalized spacial score (nSPS) is 20.3. The van der Waals surface area contributed by atoms with Gasteiger partial charge in [0, 0.05) is 24.1 Å². The van der Waals surface area contributed by atoms with E-state index >= 15 is 0 Å². The van der Waals surface area contributed by atoms with Crippen LogP contribution in [-0.2, 0) is 10.2 Å². The molecule has 1 heterocycles. The van der Waals surface area contributed by atoms with Crippen molar-refractivity contribution in [2.45, 2.75) is 38.6 Å². The van der Waals surface area contributed by atoms with Crippen LogP contribution in [-0.4, -0.2) is 33.0 Å². The van der Waals surface area contributed by atoms with Gasteiger partial charge in [0.2, 0.25) is 0 Å². The Balaban J connectivity index is 2.08. The molecule has 1 aromatic rings. The maximum atomic E-state index is 6.21. The van der Waals surface area contributed by atoms with E-state index in [4.69, 9.17) is 19.9 Å². The third kappa shape index (κ3) is 4.11. The molecule has 4 nitrogen and oxygen atoms in total. The highest BCUT2D eigenvalue weighted by molar-refractivity contribution is 5.44. The van der Waals surface area contributed by atoms with Crippen LogP contribution < -0.4 is 15.2 Å². The number of benzene rings is 1. The first-order chi connectivity index (χ1) is 9.91. The van der Waals surface area contributed by atoms with E-state index in [1.165, 1.54) is 0 Å². The third-order valence-electron chi connectivity index (χ3n) is 4.00. The molecule has 21 heavy (non-hydrogen) atoms. The second-order valence-corrected chi connectivity index (χ2v) is 6.71. The first kappa shape index (κ1) is 16.1. The summed E-state index contributed by atoms with van der Waals surface area (Å²) in [5.74, 6) is 2.14. The fourth-order valence-corrected chi connectivity index (χ4v) is 2.56. The van der Waals surface area contributed by atoms with E-state index in [9.17, 15) is 0 Å². The average Bonchev–Trinajstić information content (AvgIpc) is 2.97. The van der Waals surface area contributed by atoms with E-state index in [0.717, 1.165) is 36.7 Å². The Labute approximate surface area is 127 Å². The van der Waals surface area contributed by atoms with Gasteiger partial charge in [0.05, 0.1) is 13.7 Å². The molecule has 1 saturated heterocycles. The van der Waals surface area contributed by atoms with Gasteiger partial charge in [-0.25, -0.2) is 0 Å². The van der Waals surface area contributed by atoms with Crippen LogP contribution in [0.2, 0.25) is 0 Å². The number of hydrogen-bond acceptors (Lipinski definition) is 4. The molecule has 0 aliphatic carbocycles. The lowest BCUT2D eigenvalue weighted by Crippen LogP contribution is -2.36. The van der Waals surface area contributed by atoms with Crippen LogP contribution in [0.25, 0.3) is 0 Å². The zero-order chi connectivity index (χ0) is 15.5. The maximum Gasteiger partial charge on any atom is 0.123 e. The van der Waals surface area contributed by atoms with Crippen LogP contribution in [0.1, 0.15) is 32.8 Å². The van der Waals surface area contributed by atoms with Crippen molar-refractivity contribution in [2.24, 2.45) is 11.7 Å². The zero-order valence-corrected chi connectivity index (χ0v) is 13.5. The molecule has 4 heteroatoms. The van der Waals surface area contributed by atoms with Gasteiger partial charge in [-0.1, -0.05) is 20.8 Å². The van der Waals surface area contributed by atoms with Gasteiger partial charge < -0.3 is 19.9 Å². The number of methoxy groups -OCH3 is 1. The molecule has 0 bridgehead atoms. The zero-order valence-electron chi connectivity index (χ0n) is 13.5. The molecule has 2 unspecified atom stereocenters. The highest BCUT2D eigenvalue weighted by Crippen LogP contribution is 2.34. The Hall–Kier alpha value is -1.26. The Morgan fingerprint density at radius 3 is 2.71 bits per heavy atom. The molecular weight excluding hydrogens is 266 g/mol. The molecule has 0 amide bonds. The highest BCUT2D eigenvalue weighted by atomic mass is 16.5. The summed E-state index contributed by atoms with van der Waals surface area (Å²) in [6.07, 6.45) is 1.03. The van der Waals surface area contributed by atoms with Crippen LogP contribution in [0, 0.1) is 5.92 Å². The van der Waals surface area contributed by atoms with Crippen molar-refractivity contribution >= 4 is 0 Å². The summed E-state index contributed by atoms with van der Waals surface area (Å²) in [6.45, 7) is 8.58. The van der Waals surface area contributed by atoms with Crippen molar-refractivity contribution in [3.8, 4) is 11.5 Å². The molecule has 1 fully saturated rings. The summed E-state index contributed by atoms with van der Waals surface area (Å²) in [4.78, 5) is 0. The first-order valence-electron chi connectivity index (χ1n) is 7.56. The van der Waals surface area contributed by atoms with Gasteiger partial charge in [0.1, 0.15) is 18.1 Å². The summed E-state index contributed by atoms with van der Waals surface area (Å²) < 4.78 is 16.7. The van der Waals surface area contributed by atoms with Gasteiger partial charge in [0.25, 0.3) is 0 Å². The van der Waals surface area contributed by atoms with Crippen LogP contribution >= 0.6 is 0 Å². The van der Waals surface area contributed by atoms with Gasteiger partial charge in [-0.05, 0) is 30.0 Å². The van der Waals surface area contributed by atoms with Gasteiger partial charge in [-0.3, -0.25) is 0 Å². The molecule has 1 aliphatic rings. The van der Waals surface area contributed by atoms with Crippen LogP contribution in [0.5, 0.6) is 11.5 Å². The van der Waals surface area contributed by atoms with E-state index < -0.39 is 0 Å². The van der Waals surface area contributed by atoms with Crippen LogP contribution in [0.15, 0.2) is 18.2 Å². The molecule has 2 N–H and O–H groups in total. The van der Waals surface area contributed by atoms with Crippen LogP contribution in [0.4, 0.5) is 0 Å².